The molecule has 1 aliphatic carbocycles. The summed E-state index contributed by atoms with van der Waals surface area (Å²) >= 11 is 0. The standard InChI is InChI=1S/C9H9NO/c1-7-4-2-3-5-8(7)9(11)6-10/h2,4H,3,5H2,1H3. The molecule has 1 rings (SSSR count). The number of rotatable bonds is 1. The van der Waals surface area contributed by atoms with Crippen LogP contribution in [-0.4, -0.2) is 5.78 Å². The fourth-order valence-corrected chi connectivity index (χ4v) is 1.15. The SMILES string of the molecule is CC1=C(C(=O)C#N)CCC=C1. The van der Waals surface area contributed by atoms with Crippen molar-refractivity contribution in [2.75, 3.05) is 0 Å². The van der Waals surface area contributed by atoms with Crippen molar-refractivity contribution in [3.8, 4) is 6.07 Å². The van der Waals surface area contributed by atoms with Crippen LogP contribution in [0.4, 0.5) is 0 Å². The highest BCUT2D eigenvalue weighted by molar-refractivity contribution is 6.07. The molecule has 0 saturated carbocycles. The Balaban J connectivity index is 2.94. The summed E-state index contributed by atoms with van der Waals surface area (Å²) in [6.07, 6.45) is 5.51. The van der Waals surface area contributed by atoms with Gasteiger partial charge >= 0.3 is 0 Å². The minimum absolute atomic E-state index is 0.383. The Morgan fingerprint density at radius 2 is 2.45 bits per heavy atom. The third-order valence-corrected chi connectivity index (χ3v) is 1.78. The monoisotopic (exact) mass is 147 g/mol. The zero-order chi connectivity index (χ0) is 8.27. The van der Waals surface area contributed by atoms with Gasteiger partial charge in [0.2, 0.25) is 0 Å². The van der Waals surface area contributed by atoms with Crippen LogP contribution >= 0.6 is 0 Å². The highest BCUT2D eigenvalue weighted by Crippen LogP contribution is 2.18. The van der Waals surface area contributed by atoms with E-state index in [9.17, 15) is 4.79 Å². The number of hydrogen-bond acceptors (Lipinski definition) is 2. The maximum Gasteiger partial charge on any atom is 0.258 e. The van der Waals surface area contributed by atoms with Gasteiger partial charge in [-0.05, 0) is 25.3 Å². The lowest BCUT2D eigenvalue weighted by atomic mass is 9.96. The summed E-state index contributed by atoms with van der Waals surface area (Å²) in [5, 5.41) is 8.35. The van der Waals surface area contributed by atoms with Crippen molar-refractivity contribution in [2.24, 2.45) is 0 Å². The predicted octanol–water partition coefficient (Wildman–Crippen LogP) is 1.75. The van der Waals surface area contributed by atoms with Crippen molar-refractivity contribution in [2.45, 2.75) is 19.8 Å². The maximum atomic E-state index is 10.9. The number of hydrogen-bond donors (Lipinski definition) is 0. The van der Waals surface area contributed by atoms with E-state index in [-0.39, 0.29) is 5.78 Å². The van der Waals surface area contributed by atoms with Crippen LogP contribution in [0.5, 0.6) is 0 Å². The first-order valence-corrected chi connectivity index (χ1v) is 3.56. The van der Waals surface area contributed by atoms with Gasteiger partial charge in [0.1, 0.15) is 6.07 Å². The predicted molar refractivity (Wildman–Crippen MR) is 41.7 cm³/mol. The Bertz CT molecular complexity index is 278. The zero-order valence-electron chi connectivity index (χ0n) is 6.42. The quantitative estimate of drug-likeness (QED) is 0.530. The van der Waals surface area contributed by atoms with E-state index in [1.165, 1.54) is 0 Å². The minimum atomic E-state index is -0.383. The Hall–Kier alpha value is -1.36. The fourth-order valence-electron chi connectivity index (χ4n) is 1.15. The second kappa shape index (κ2) is 3.16. The van der Waals surface area contributed by atoms with E-state index in [4.69, 9.17) is 5.26 Å². The van der Waals surface area contributed by atoms with E-state index in [2.05, 4.69) is 0 Å². The van der Waals surface area contributed by atoms with Crippen molar-refractivity contribution < 1.29 is 4.79 Å². The van der Waals surface area contributed by atoms with Gasteiger partial charge in [-0.2, -0.15) is 5.26 Å². The van der Waals surface area contributed by atoms with Crippen LogP contribution in [0.15, 0.2) is 23.3 Å². The van der Waals surface area contributed by atoms with Gasteiger partial charge in [-0.3, -0.25) is 4.79 Å². The van der Waals surface area contributed by atoms with Crippen LogP contribution < -0.4 is 0 Å². The molecule has 0 bridgehead atoms. The van der Waals surface area contributed by atoms with Gasteiger partial charge in [0.15, 0.2) is 0 Å². The Kier molecular flexibility index (Phi) is 2.22. The molecule has 2 heteroatoms. The third-order valence-electron chi connectivity index (χ3n) is 1.78. The molecule has 0 spiro atoms. The van der Waals surface area contributed by atoms with Gasteiger partial charge in [-0.25, -0.2) is 0 Å². The van der Waals surface area contributed by atoms with Crippen molar-refractivity contribution >= 4 is 5.78 Å². The maximum absolute atomic E-state index is 10.9. The summed E-state index contributed by atoms with van der Waals surface area (Å²) in [5.41, 5.74) is 1.61. The van der Waals surface area contributed by atoms with Gasteiger partial charge in [-0.1, -0.05) is 12.2 Å². The molecule has 0 amide bonds. The largest absolute Gasteiger partial charge is 0.277 e. The van der Waals surface area contributed by atoms with Crippen LogP contribution in [-0.2, 0) is 4.79 Å². The summed E-state index contributed by atoms with van der Waals surface area (Å²) in [4.78, 5) is 10.9. The molecule has 56 valence electrons. The van der Waals surface area contributed by atoms with E-state index in [0.29, 0.717) is 12.0 Å². The molecule has 0 heterocycles. The second-order valence-corrected chi connectivity index (χ2v) is 2.54. The van der Waals surface area contributed by atoms with E-state index in [1.54, 1.807) is 6.07 Å². The first-order valence-electron chi connectivity index (χ1n) is 3.56. The molecule has 1 aliphatic rings. The van der Waals surface area contributed by atoms with Crippen molar-refractivity contribution in [1.29, 1.82) is 5.26 Å². The van der Waals surface area contributed by atoms with Crippen molar-refractivity contribution in [3.63, 3.8) is 0 Å². The molecule has 0 aromatic carbocycles. The van der Waals surface area contributed by atoms with Gasteiger partial charge in [0, 0.05) is 5.57 Å². The number of allylic oxidation sites excluding steroid dienone is 4. The molecule has 0 saturated heterocycles. The van der Waals surface area contributed by atoms with Gasteiger partial charge in [0.05, 0.1) is 0 Å². The Labute approximate surface area is 65.8 Å². The highest BCUT2D eigenvalue weighted by Gasteiger charge is 2.12. The third kappa shape index (κ3) is 1.56. The van der Waals surface area contributed by atoms with E-state index in [1.807, 2.05) is 19.1 Å². The van der Waals surface area contributed by atoms with E-state index >= 15 is 0 Å². The number of nitriles is 1. The molecular weight excluding hydrogens is 138 g/mol. The minimum Gasteiger partial charge on any atom is -0.277 e. The first kappa shape index (κ1) is 7.74. The van der Waals surface area contributed by atoms with Crippen LogP contribution in [0.3, 0.4) is 0 Å². The molecule has 0 aliphatic heterocycles. The summed E-state index contributed by atoms with van der Waals surface area (Å²) < 4.78 is 0. The second-order valence-electron chi connectivity index (χ2n) is 2.54. The molecule has 0 atom stereocenters. The van der Waals surface area contributed by atoms with Crippen LogP contribution in [0.2, 0.25) is 0 Å². The van der Waals surface area contributed by atoms with Crippen molar-refractivity contribution in [1.82, 2.24) is 0 Å². The van der Waals surface area contributed by atoms with E-state index in [0.717, 1.165) is 12.0 Å². The summed E-state index contributed by atoms with van der Waals surface area (Å²) in [7, 11) is 0. The first-order chi connectivity index (χ1) is 5.25. The topological polar surface area (TPSA) is 40.9 Å². The van der Waals surface area contributed by atoms with Gasteiger partial charge in [0.25, 0.3) is 5.78 Å². The molecule has 0 unspecified atom stereocenters. The number of ketones is 1. The van der Waals surface area contributed by atoms with Crippen molar-refractivity contribution in [3.05, 3.63) is 23.3 Å². The number of carbonyl (C=O) groups excluding carboxylic acids is 1. The van der Waals surface area contributed by atoms with E-state index < -0.39 is 0 Å². The molecule has 11 heavy (non-hydrogen) atoms. The highest BCUT2D eigenvalue weighted by atomic mass is 16.1. The average molecular weight is 147 g/mol. The lowest BCUT2D eigenvalue weighted by Gasteiger charge is -2.07. The van der Waals surface area contributed by atoms with Gasteiger partial charge < -0.3 is 0 Å². The molecule has 0 aromatic rings. The summed E-state index contributed by atoms with van der Waals surface area (Å²) in [6, 6.07) is 1.63. The molecule has 2 nitrogen and oxygen atoms in total. The fraction of sp³-hybridized carbons (Fsp3) is 0.333. The molecule has 0 radical (unpaired) electrons. The Morgan fingerprint density at radius 3 is 3.00 bits per heavy atom. The smallest absolute Gasteiger partial charge is 0.258 e. The number of nitrogens with zero attached hydrogens (tertiary/aromatic N) is 1. The molecule has 0 aromatic heterocycles. The van der Waals surface area contributed by atoms with Gasteiger partial charge in [-0.15, -0.1) is 0 Å². The molecular formula is C9H9NO. The van der Waals surface area contributed by atoms with Crippen LogP contribution in [0, 0.1) is 11.3 Å². The van der Waals surface area contributed by atoms with Crippen LogP contribution in [0.1, 0.15) is 19.8 Å². The molecule has 0 fully saturated rings. The normalized spacial score (nSPS) is 16.4. The number of Topliss-reactive ketones (excluding diaryl/α,β-unsaturated/α-hetero) is 1. The Morgan fingerprint density at radius 1 is 1.73 bits per heavy atom. The summed E-state index contributed by atoms with van der Waals surface area (Å²) in [5.74, 6) is -0.383. The molecule has 0 N–H and O–H groups in total. The summed E-state index contributed by atoms with van der Waals surface area (Å²) in [6.45, 7) is 1.86. The average Bonchev–Trinajstić information content (AvgIpc) is 2.04. The lowest BCUT2D eigenvalue weighted by molar-refractivity contribution is -0.110. The zero-order valence-corrected chi connectivity index (χ0v) is 6.42. The lowest BCUT2D eigenvalue weighted by Crippen LogP contribution is -2.03. The number of carbonyl (C=O) groups is 1. The van der Waals surface area contributed by atoms with Crippen LogP contribution in [0.25, 0.3) is 0 Å².